The number of aromatic nitrogens is 3. The molecule has 3 aromatic rings. The predicted octanol–water partition coefficient (Wildman–Crippen LogP) is 3.32. The molecule has 0 aliphatic heterocycles. The zero-order valence-electron chi connectivity index (χ0n) is 13.6. The quantitative estimate of drug-likeness (QED) is 0.548. The topological polar surface area (TPSA) is 126 Å². The summed E-state index contributed by atoms with van der Waals surface area (Å²) in [5.74, 6) is -0.104. The summed E-state index contributed by atoms with van der Waals surface area (Å²) in [7, 11) is 0. The van der Waals surface area contributed by atoms with Crippen molar-refractivity contribution in [2.75, 3.05) is 16.4 Å². The van der Waals surface area contributed by atoms with Crippen molar-refractivity contribution in [3.8, 4) is 0 Å². The Morgan fingerprint density at radius 3 is 2.32 bits per heavy atom. The smallest absolute Gasteiger partial charge is 0.335 e. The number of anilines is 5. The molecule has 0 aliphatic rings. The van der Waals surface area contributed by atoms with Crippen LogP contribution in [0.5, 0.6) is 0 Å². The fraction of sp³-hybridized carbons (Fsp3) is 0.125. The van der Waals surface area contributed by atoms with Crippen LogP contribution in [0.4, 0.5) is 28.1 Å². The molecule has 0 amide bonds. The number of hydrogen-bond acceptors (Lipinski definition) is 8. The fourth-order valence-electron chi connectivity index (χ4n) is 2.06. The van der Waals surface area contributed by atoms with Crippen LogP contribution in [0.2, 0.25) is 0 Å². The van der Waals surface area contributed by atoms with E-state index in [1.165, 1.54) is 29.8 Å². The molecule has 25 heavy (non-hydrogen) atoms. The molecule has 2 aromatic heterocycles. The van der Waals surface area contributed by atoms with Gasteiger partial charge >= 0.3 is 5.97 Å². The second kappa shape index (κ2) is 6.73. The summed E-state index contributed by atoms with van der Waals surface area (Å²) in [6.45, 7) is 3.93. The molecule has 9 heteroatoms. The molecular weight excluding hydrogens is 340 g/mol. The van der Waals surface area contributed by atoms with Crippen LogP contribution in [0.25, 0.3) is 0 Å². The maximum absolute atomic E-state index is 10.9. The molecule has 0 spiro atoms. The van der Waals surface area contributed by atoms with E-state index in [0.717, 1.165) is 10.6 Å². The lowest BCUT2D eigenvalue weighted by Crippen LogP contribution is -2.05. The van der Waals surface area contributed by atoms with Crippen LogP contribution in [-0.4, -0.2) is 26.0 Å². The average Bonchev–Trinajstić information content (AvgIpc) is 2.89. The van der Waals surface area contributed by atoms with Gasteiger partial charge in [-0.3, -0.25) is 0 Å². The number of benzene rings is 1. The monoisotopic (exact) mass is 356 g/mol. The van der Waals surface area contributed by atoms with Gasteiger partial charge in [0.25, 0.3) is 0 Å². The number of nitrogens with one attached hydrogen (secondary N) is 2. The molecule has 2 heterocycles. The molecule has 0 saturated carbocycles. The summed E-state index contributed by atoms with van der Waals surface area (Å²) in [5.41, 5.74) is 8.31. The highest BCUT2D eigenvalue weighted by molar-refractivity contribution is 7.15. The van der Waals surface area contributed by atoms with Crippen molar-refractivity contribution < 1.29 is 9.90 Å². The molecule has 1 aromatic carbocycles. The first kappa shape index (κ1) is 16.7. The van der Waals surface area contributed by atoms with Crippen LogP contribution in [0.3, 0.4) is 0 Å². The van der Waals surface area contributed by atoms with Gasteiger partial charge in [-0.25, -0.2) is 19.7 Å². The minimum atomic E-state index is -0.978. The van der Waals surface area contributed by atoms with E-state index >= 15 is 0 Å². The Kier molecular flexibility index (Phi) is 4.48. The summed E-state index contributed by atoms with van der Waals surface area (Å²) in [5, 5.41) is 15.8. The number of nitrogens with zero attached hydrogens (tertiary/aromatic N) is 3. The minimum absolute atomic E-state index is 0.207. The average molecular weight is 356 g/mol. The van der Waals surface area contributed by atoms with Gasteiger partial charge in [-0.15, -0.1) is 11.3 Å². The maximum atomic E-state index is 10.9. The lowest BCUT2D eigenvalue weighted by atomic mass is 10.2. The van der Waals surface area contributed by atoms with Crippen molar-refractivity contribution in [3.05, 3.63) is 46.7 Å². The second-order valence-corrected chi connectivity index (χ2v) is 6.48. The van der Waals surface area contributed by atoms with Crippen LogP contribution < -0.4 is 16.4 Å². The SMILES string of the molecule is Cc1nc(Nc2ncnc(Nc3ccc(C(=O)O)cc3)c2N)sc1C. The lowest BCUT2D eigenvalue weighted by molar-refractivity contribution is 0.0697. The molecule has 0 saturated heterocycles. The van der Waals surface area contributed by atoms with Gasteiger partial charge in [0.2, 0.25) is 0 Å². The third-order valence-electron chi connectivity index (χ3n) is 3.53. The predicted molar refractivity (Wildman–Crippen MR) is 98.0 cm³/mol. The zero-order valence-corrected chi connectivity index (χ0v) is 14.4. The Morgan fingerprint density at radius 2 is 1.76 bits per heavy atom. The van der Waals surface area contributed by atoms with Gasteiger partial charge in [-0.2, -0.15) is 0 Å². The van der Waals surface area contributed by atoms with Crippen molar-refractivity contribution in [1.82, 2.24) is 15.0 Å². The largest absolute Gasteiger partial charge is 0.478 e. The van der Waals surface area contributed by atoms with Crippen molar-refractivity contribution in [3.63, 3.8) is 0 Å². The van der Waals surface area contributed by atoms with Crippen molar-refractivity contribution in [2.45, 2.75) is 13.8 Å². The molecule has 0 atom stereocenters. The summed E-state index contributed by atoms with van der Waals surface area (Å²) in [4.78, 5) is 24.7. The van der Waals surface area contributed by atoms with Crippen molar-refractivity contribution in [1.29, 1.82) is 0 Å². The molecule has 0 aliphatic carbocycles. The standard InChI is InChI=1S/C16H16N6O2S/c1-8-9(2)25-16(20-8)22-14-12(17)13(18-7-19-14)21-11-5-3-10(4-6-11)15(23)24/h3-7H,17H2,1-2H3,(H,23,24)(H2,18,19,20,21,22). The summed E-state index contributed by atoms with van der Waals surface area (Å²) >= 11 is 1.52. The number of carboxylic acids is 1. The number of rotatable bonds is 5. The van der Waals surface area contributed by atoms with Crippen molar-refractivity contribution >= 4 is 45.4 Å². The third kappa shape index (κ3) is 3.66. The fourth-order valence-corrected chi connectivity index (χ4v) is 2.87. The van der Waals surface area contributed by atoms with E-state index in [9.17, 15) is 4.79 Å². The highest BCUT2D eigenvalue weighted by atomic mass is 32.1. The highest BCUT2D eigenvalue weighted by Gasteiger charge is 2.11. The lowest BCUT2D eigenvalue weighted by Gasteiger charge is -2.11. The van der Waals surface area contributed by atoms with Crippen LogP contribution >= 0.6 is 11.3 Å². The van der Waals surface area contributed by atoms with Gasteiger partial charge in [0, 0.05) is 10.6 Å². The number of nitrogen functional groups attached to an aromatic ring is 1. The molecule has 0 fully saturated rings. The summed E-state index contributed by atoms with van der Waals surface area (Å²) in [6.07, 6.45) is 1.39. The van der Waals surface area contributed by atoms with E-state index < -0.39 is 5.97 Å². The molecule has 5 N–H and O–H groups in total. The number of nitrogens with two attached hydrogens (primary N) is 1. The molecule has 128 valence electrons. The van der Waals surface area contributed by atoms with E-state index in [0.29, 0.717) is 28.1 Å². The van der Waals surface area contributed by atoms with Crippen LogP contribution in [0, 0.1) is 13.8 Å². The maximum Gasteiger partial charge on any atom is 0.335 e. The molecule has 3 rings (SSSR count). The Hall–Kier alpha value is -3.20. The van der Waals surface area contributed by atoms with E-state index in [1.807, 2.05) is 13.8 Å². The Bertz CT molecular complexity index is 903. The van der Waals surface area contributed by atoms with Crippen LogP contribution in [0.15, 0.2) is 30.6 Å². The van der Waals surface area contributed by atoms with Gasteiger partial charge in [-0.1, -0.05) is 0 Å². The second-order valence-electron chi connectivity index (χ2n) is 5.28. The van der Waals surface area contributed by atoms with Gasteiger partial charge in [0.15, 0.2) is 16.8 Å². The molecular formula is C16H16N6O2S. The summed E-state index contributed by atoms with van der Waals surface area (Å²) in [6, 6.07) is 6.29. The molecule has 8 nitrogen and oxygen atoms in total. The van der Waals surface area contributed by atoms with E-state index in [4.69, 9.17) is 10.8 Å². The molecule has 0 bridgehead atoms. The number of carbonyl (C=O) groups is 1. The first-order valence-electron chi connectivity index (χ1n) is 7.36. The van der Waals surface area contributed by atoms with Gasteiger partial charge in [0.1, 0.15) is 12.0 Å². The molecule has 0 radical (unpaired) electrons. The Morgan fingerprint density at radius 1 is 1.12 bits per heavy atom. The molecule has 0 unspecified atom stereocenters. The number of thiazole rings is 1. The van der Waals surface area contributed by atoms with Gasteiger partial charge in [0.05, 0.1) is 11.3 Å². The van der Waals surface area contributed by atoms with Gasteiger partial charge in [-0.05, 0) is 38.1 Å². The zero-order chi connectivity index (χ0) is 18.0. The Balaban J connectivity index is 1.81. The first-order chi connectivity index (χ1) is 11.9. The van der Waals surface area contributed by atoms with E-state index in [-0.39, 0.29) is 5.56 Å². The highest BCUT2D eigenvalue weighted by Crippen LogP contribution is 2.30. The van der Waals surface area contributed by atoms with Crippen LogP contribution in [-0.2, 0) is 0 Å². The number of hydrogen-bond donors (Lipinski definition) is 4. The number of aromatic carboxylic acids is 1. The third-order valence-corrected chi connectivity index (χ3v) is 4.52. The van der Waals surface area contributed by atoms with Crippen molar-refractivity contribution in [2.24, 2.45) is 0 Å². The number of carboxylic acid groups (broad SMARTS) is 1. The Labute approximate surface area is 147 Å². The van der Waals surface area contributed by atoms with E-state index in [1.54, 1.807) is 12.1 Å². The van der Waals surface area contributed by atoms with E-state index in [2.05, 4.69) is 25.6 Å². The van der Waals surface area contributed by atoms with Gasteiger partial charge < -0.3 is 21.5 Å². The number of aryl methyl sites for hydroxylation is 2. The van der Waals surface area contributed by atoms with Crippen LogP contribution in [0.1, 0.15) is 20.9 Å². The normalized spacial score (nSPS) is 10.5. The minimum Gasteiger partial charge on any atom is -0.478 e. The summed E-state index contributed by atoms with van der Waals surface area (Å²) < 4.78 is 0. The first-order valence-corrected chi connectivity index (χ1v) is 8.17.